The number of hydrogen-bond donors (Lipinski definition) is 1. The molecular formula is C20H20ClN3O3S. The maximum absolute atomic E-state index is 12.6. The van der Waals surface area contributed by atoms with E-state index in [9.17, 15) is 4.79 Å². The molecule has 2 aromatic heterocycles. The third-order valence-corrected chi connectivity index (χ3v) is 5.84. The van der Waals surface area contributed by atoms with Crippen LogP contribution in [-0.4, -0.2) is 48.8 Å². The van der Waals surface area contributed by atoms with E-state index in [1.54, 1.807) is 17.4 Å². The Morgan fingerprint density at radius 3 is 2.75 bits per heavy atom. The molecule has 0 radical (unpaired) electrons. The van der Waals surface area contributed by atoms with E-state index in [1.165, 1.54) is 0 Å². The zero-order valence-corrected chi connectivity index (χ0v) is 16.7. The lowest BCUT2D eigenvalue weighted by Crippen LogP contribution is -2.43. The van der Waals surface area contributed by atoms with Gasteiger partial charge in [-0.15, -0.1) is 11.3 Å². The Balaban J connectivity index is 1.46. The number of carbonyl (C=O) groups excluding carboxylic acids is 1. The molecule has 1 aromatic carbocycles. The second-order valence-electron chi connectivity index (χ2n) is 6.48. The number of aromatic nitrogens is 1. The average Bonchev–Trinajstić information content (AvgIpc) is 3.42. The highest BCUT2D eigenvalue weighted by atomic mass is 35.5. The van der Waals surface area contributed by atoms with Gasteiger partial charge in [0.25, 0.3) is 5.91 Å². The molecule has 1 amide bonds. The molecule has 1 atom stereocenters. The first-order chi connectivity index (χ1) is 13.7. The van der Waals surface area contributed by atoms with Crippen LogP contribution in [0.15, 0.2) is 52.4 Å². The van der Waals surface area contributed by atoms with E-state index in [0.717, 1.165) is 23.5 Å². The molecular weight excluding hydrogens is 398 g/mol. The number of nitrogens with zero attached hydrogens (tertiary/aromatic N) is 2. The molecule has 1 aliphatic rings. The van der Waals surface area contributed by atoms with Gasteiger partial charge >= 0.3 is 0 Å². The normalized spacial score (nSPS) is 16.0. The second-order valence-corrected chi connectivity index (χ2v) is 7.86. The third-order valence-electron chi connectivity index (χ3n) is 4.70. The number of thiophene rings is 1. The molecule has 28 heavy (non-hydrogen) atoms. The Morgan fingerprint density at radius 2 is 2.04 bits per heavy atom. The van der Waals surface area contributed by atoms with Crippen LogP contribution in [0.25, 0.3) is 10.6 Å². The number of rotatable bonds is 6. The maximum Gasteiger partial charge on any atom is 0.273 e. The summed E-state index contributed by atoms with van der Waals surface area (Å²) in [5.74, 6) is 0.348. The first-order valence-electron chi connectivity index (χ1n) is 9.07. The van der Waals surface area contributed by atoms with Crippen LogP contribution in [0.3, 0.4) is 0 Å². The quantitative estimate of drug-likeness (QED) is 0.659. The maximum atomic E-state index is 12.6. The monoisotopic (exact) mass is 417 g/mol. The molecule has 1 fully saturated rings. The highest BCUT2D eigenvalue weighted by Gasteiger charge is 2.24. The highest BCUT2D eigenvalue weighted by Crippen LogP contribution is 2.26. The van der Waals surface area contributed by atoms with Crippen molar-refractivity contribution in [3.8, 4) is 10.6 Å². The van der Waals surface area contributed by atoms with Gasteiger partial charge in [-0.2, -0.15) is 0 Å². The molecule has 0 unspecified atom stereocenters. The van der Waals surface area contributed by atoms with Gasteiger partial charge in [-0.25, -0.2) is 0 Å². The fraction of sp³-hybridized carbons (Fsp3) is 0.300. The average molecular weight is 418 g/mol. The molecule has 1 saturated heterocycles. The Kier molecular flexibility index (Phi) is 6.07. The van der Waals surface area contributed by atoms with E-state index in [0.29, 0.717) is 30.5 Å². The smallest absolute Gasteiger partial charge is 0.273 e. The Morgan fingerprint density at radius 1 is 1.25 bits per heavy atom. The van der Waals surface area contributed by atoms with Gasteiger partial charge in [-0.1, -0.05) is 35.0 Å². The summed E-state index contributed by atoms with van der Waals surface area (Å²) >= 11 is 7.57. The zero-order chi connectivity index (χ0) is 19.3. The van der Waals surface area contributed by atoms with E-state index in [-0.39, 0.29) is 17.6 Å². The zero-order valence-electron chi connectivity index (χ0n) is 15.1. The van der Waals surface area contributed by atoms with Gasteiger partial charge in [-0.05, 0) is 29.1 Å². The van der Waals surface area contributed by atoms with Crippen LogP contribution in [0.4, 0.5) is 0 Å². The first kappa shape index (κ1) is 19.1. The highest BCUT2D eigenvalue weighted by molar-refractivity contribution is 7.13. The molecule has 4 rings (SSSR count). The molecule has 1 N–H and O–H groups in total. The summed E-state index contributed by atoms with van der Waals surface area (Å²) in [6.45, 7) is 3.46. The van der Waals surface area contributed by atoms with Crippen molar-refractivity contribution in [1.29, 1.82) is 0 Å². The van der Waals surface area contributed by atoms with Gasteiger partial charge in [0, 0.05) is 30.7 Å². The van der Waals surface area contributed by atoms with Gasteiger partial charge in [0.05, 0.1) is 24.1 Å². The summed E-state index contributed by atoms with van der Waals surface area (Å²) in [7, 11) is 0. The molecule has 146 valence electrons. The summed E-state index contributed by atoms with van der Waals surface area (Å²) in [5.41, 5.74) is 1.38. The molecule has 3 heterocycles. The minimum absolute atomic E-state index is 0.0359. The van der Waals surface area contributed by atoms with E-state index < -0.39 is 0 Å². The van der Waals surface area contributed by atoms with Crippen molar-refractivity contribution < 1.29 is 14.1 Å². The van der Waals surface area contributed by atoms with Crippen molar-refractivity contribution in [2.75, 3.05) is 32.8 Å². The van der Waals surface area contributed by atoms with Gasteiger partial charge in [0.1, 0.15) is 0 Å². The number of halogens is 1. The number of hydrogen-bond acceptors (Lipinski definition) is 6. The van der Waals surface area contributed by atoms with Crippen molar-refractivity contribution in [1.82, 2.24) is 15.4 Å². The molecule has 8 heteroatoms. The van der Waals surface area contributed by atoms with Crippen molar-refractivity contribution in [3.63, 3.8) is 0 Å². The Bertz CT molecular complexity index is 905. The third kappa shape index (κ3) is 4.44. The molecule has 3 aromatic rings. The van der Waals surface area contributed by atoms with Crippen LogP contribution in [0.1, 0.15) is 22.1 Å². The molecule has 0 spiro atoms. The standard InChI is InChI=1S/C20H20ClN3O3S/c21-15-5-3-14(4-6-15)17(24-7-9-26-10-8-24)13-22-20(25)16-12-18(27-23-16)19-2-1-11-28-19/h1-6,11-12,17H,7-10,13H2,(H,22,25)/t17-/m1/s1. The van der Waals surface area contributed by atoms with E-state index in [4.69, 9.17) is 20.9 Å². The van der Waals surface area contributed by atoms with Gasteiger partial charge in [-0.3, -0.25) is 9.69 Å². The number of amides is 1. The topological polar surface area (TPSA) is 67.6 Å². The van der Waals surface area contributed by atoms with Gasteiger partial charge in [0.15, 0.2) is 11.5 Å². The second kappa shape index (κ2) is 8.87. The van der Waals surface area contributed by atoms with Crippen LogP contribution in [0, 0.1) is 0 Å². The minimum atomic E-state index is -0.251. The number of benzene rings is 1. The molecule has 1 aliphatic heterocycles. The largest absolute Gasteiger partial charge is 0.379 e. The number of nitrogens with one attached hydrogen (secondary N) is 1. The molecule has 0 bridgehead atoms. The van der Waals surface area contributed by atoms with Gasteiger partial charge in [0.2, 0.25) is 0 Å². The van der Waals surface area contributed by atoms with Crippen LogP contribution >= 0.6 is 22.9 Å². The van der Waals surface area contributed by atoms with Crippen molar-refractivity contribution >= 4 is 28.8 Å². The number of ether oxygens (including phenoxy) is 1. The minimum Gasteiger partial charge on any atom is -0.379 e. The number of carbonyl (C=O) groups is 1. The number of morpholine rings is 1. The van der Waals surface area contributed by atoms with E-state index in [1.807, 2.05) is 41.8 Å². The summed E-state index contributed by atoms with van der Waals surface area (Å²) < 4.78 is 10.8. The Hall–Kier alpha value is -2.19. The lowest BCUT2D eigenvalue weighted by Gasteiger charge is -2.34. The van der Waals surface area contributed by atoms with Crippen molar-refractivity contribution in [2.45, 2.75) is 6.04 Å². The predicted octanol–water partition coefficient (Wildman–Crippen LogP) is 3.86. The lowest BCUT2D eigenvalue weighted by molar-refractivity contribution is 0.0162. The predicted molar refractivity (Wildman–Crippen MR) is 109 cm³/mol. The van der Waals surface area contributed by atoms with Crippen LogP contribution in [-0.2, 0) is 4.74 Å². The van der Waals surface area contributed by atoms with Crippen LogP contribution < -0.4 is 5.32 Å². The van der Waals surface area contributed by atoms with Crippen LogP contribution in [0.5, 0.6) is 0 Å². The molecule has 0 aliphatic carbocycles. The SMILES string of the molecule is O=C(NC[C@H](c1ccc(Cl)cc1)N1CCOCC1)c1cc(-c2cccs2)on1. The fourth-order valence-electron chi connectivity index (χ4n) is 3.23. The van der Waals surface area contributed by atoms with E-state index >= 15 is 0 Å². The van der Waals surface area contributed by atoms with Crippen molar-refractivity contribution in [3.05, 3.63) is 64.1 Å². The molecule has 0 saturated carbocycles. The Labute approximate surface area is 172 Å². The summed E-state index contributed by atoms with van der Waals surface area (Å²) in [5, 5.41) is 9.56. The summed E-state index contributed by atoms with van der Waals surface area (Å²) in [4.78, 5) is 15.9. The first-order valence-corrected chi connectivity index (χ1v) is 10.3. The van der Waals surface area contributed by atoms with Gasteiger partial charge < -0.3 is 14.6 Å². The van der Waals surface area contributed by atoms with Crippen LogP contribution in [0.2, 0.25) is 5.02 Å². The fourth-order valence-corrected chi connectivity index (χ4v) is 4.03. The summed E-state index contributed by atoms with van der Waals surface area (Å²) in [6, 6.07) is 13.3. The lowest BCUT2D eigenvalue weighted by atomic mass is 10.0. The summed E-state index contributed by atoms with van der Waals surface area (Å²) in [6.07, 6.45) is 0. The molecule has 6 nitrogen and oxygen atoms in total. The van der Waals surface area contributed by atoms with E-state index in [2.05, 4.69) is 15.4 Å². The van der Waals surface area contributed by atoms with Crippen molar-refractivity contribution in [2.24, 2.45) is 0 Å².